The molecule has 0 N–H and O–H groups in total. The van der Waals surface area contributed by atoms with E-state index >= 15 is 0 Å². The molecule has 1 aromatic heterocycles. The van der Waals surface area contributed by atoms with Crippen LogP contribution in [0.3, 0.4) is 0 Å². The predicted molar refractivity (Wildman–Crippen MR) is 77.5 cm³/mol. The Bertz CT molecular complexity index is 584. The third kappa shape index (κ3) is 2.31. The van der Waals surface area contributed by atoms with Crippen LogP contribution >= 0.6 is 27.5 Å². The number of halogens is 2. The Morgan fingerprint density at radius 1 is 1.22 bits per heavy atom. The Labute approximate surface area is 120 Å². The van der Waals surface area contributed by atoms with E-state index in [2.05, 4.69) is 46.9 Å². The van der Waals surface area contributed by atoms with Gasteiger partial charge >= 0.3 is 0 Å². The van der Waals surface area contributed by atoms with Gasteiger partial charge in [0.15, 0.2) is 0 Å². The molecule has 0 saturated carbocycles. The summed E-state index contributed by atoms with van der Waals surface area (Å²) in [5, 5.41) is 8.56. The summed E-state index contributed by atoms with van der Waals surface area (Å²) in [4.78, 5) is 0. The van der Waals surface area contributed by atoms with Crippen molar-refractivity contribution >= 4 is 27.5 Å². The van der Waals surface area contributed by atoms with Crippen molar-refractivity contribution in [2.24, 2.45) is 0 Å². The zero-order chi connectivity index (χ0) is 13.5. The van der Waals surface area contributed by atoms with Gasteiger partial charge in [0, 0.05) is 9.89 Å². The first-order valence-corrected chi connectivity index (χ1v) is 6.86. The van der Waals surface area contributed by atoms with Crippen LogP contribution in [0.5, 0.6) is 0 Å². The molecule has 0 aliphatic rings. The average Bonchev–Trinajstić information content (AvgIpc) is 2.64. The van der Waals surface area contributed by atoms with E-state index in [-0.39, 0.29) is 5.41 Å². The predicted octanol–water partition coefficient (Wildman–Crippen LogP) is 4.29. The van der Waals surface area contributed by atoms with Gasteiger partial charge in [-0.3, -0.25) is 4.57 Å². The molecule has 3 nitrogen and oxygen atoms in total. The van der Waals surface area contributed by atoms with Crippen LogP contribution in [0.25, 0.3) is 5.69 Å². The molecule has 18 heavy (non-hydrogen) atoms. The van der Waals surface area contributed by atoms with Crippen molar-refractivity contribution < 1.29 is 0 Å². The molecule has 0 atom stereocenters. The minimum Gasteiger partial charge on any atom is -0.268 e. The van der Waals surface area contributed by atoms with Gasteiger partial charge < -0.3 is 0 Å². The topological polar surface area (TPSA) is 30.7 Å². The molecule has 0 spiro atoms. The zero-order valence-electron chi connectivity index (χ0n) is 10.8. The van der Waals surface area contributed by atoms with Gasteiger partial charge in [-0.2, -0.15) is 0 Å². The quantitative estimate of drug-likeness (QED) is 0.782. The Kier molecular flexibility index (Phi) is 3.52. The second kappa shape index (κ2) is 4.67. The second-order valence-corrected chi connectivity index (χ2v) is 6.42. The fraction of sp³-hybridized carbons (Fsp3) is 0.385. The molecule has 2 rings (SSSR count). The summed E-state index contributed by atoms with van der Waals surface area (Å²) in [6.45, 7) is 8.32. The highest BCUT2D eigenvalue weighted by Crippen LogP contribution is 2.31. The Balaban J connectivity index is 2.72. The van der Waals surface area contributed by atoms with Crippen molar-refractivity contribution in [1.82, 2.24) is 14.8 Å². The SMILES string of the molecule is Cc1cccc(-n2c(Cl)nnc2C(C)(C)C)c1Br. The standard InChI is InChI=1S/C13H15BrClN3/c1-8-6-5-7-9(10(8)14)18-11(13(2,3)4)16-17-12(18)15/h5-7H,1-4H3. The first-order valence-electron chi connectivity index (χ1n) is 5.69. The first kappa shape index (κ1) is 13.6. The maximum Gasteiger partial charge on any atom is 0.229 e. The summed E-state index contributed by atoms with van der Waals surface area (Å²) < 4.78 is 2.90. The zero-order valence-corrected chi connectivity index (χ0v) is 13.2. The molecule has 0 radical (unpaired) electrons. The maximum atomic E-state index is 6.18. The van der Waals surface area contributed by atoms with Crippen LogP contribution in [0.15, 0.2) is 22.7 Å². The molecule has 1 heterocycles. The number of rotatable bonds is 1. The van der Waals surface area contributed by atoms with Gasteiger partial charge in [0.05, 0.1) is 5.69 Å². The number of aromatic nitrogens is 3. The maximum absolute atomic E-state index is 6.18. The van der Waals surface area contributed by atoms with E-state index in [9.17, 15) is 0 Å². The molecular formula is C13H15BrClN3. The minimum absolute atomic E-state index is 0.122. The molecule has 0 bridgehead atoms. The van der Waals surface area contributed by atoms with Gasteiger partial charge in [-0.25, -0.2) is 0 Å². The number of hydrogen-bond donors (Lipinski definition) is 0. The highest BCUT2D eigenvalue weighted by Gasteiger charge is 2.25. The largest absolute Gasteiger partial charge is 0.268 e. The molecule has 0 saturated heterocycles. The Morgan fingerprint density at radius 2 is 1.89 bits per heavy atom. The lowest BCUT2D eigenvalue weighted by Crippen LogP contribution is -2.18. The van der Waals surface area contributed by atoms with Crippen molar-refractivity contribution in [3.63, 3.8) is 0 Å². The number of benzene rings is 1. The van der Waals surface area contributed by atoms with Crippen molar-refractivity contribution in [3.8, 4) is 5.69 Å². The van der Waals surface area contributed by atoms with E-state index < -0.39 is 0 Å². The lowest BCUT2D eigenvalue weighted by molar-refractivity contribution is 0.533. The summed E-state index contributed by atoms with van der Waals surface area (Å²) in [5.41, 5.74) is 2.00. The molecule has 0 aliphatic carbocycles. The van der Waals surface area contributed by atoms with Crippen molar-refractivity contribution in [1.29, 1.82) is 0 Å². The van der Waals surface area contributed by atoms with Crippen LogP contribution in [0.2, 0.25) is 5.28 Å². The van der Waals surface area contributed by atoms with Crippen LogP contribution in [-0.4, -0.2) is 14.8 Å². The van der Waals surface area contributed by atoms with Gasteiger partial charge in [0.2, 0.25) is 5.28 Å². The fourth-order valence-corrected chi connectivity index (χ4v) is 2.42. The molecule has 1 aromatic carbocycles. The van der Waals surface area contributed by atoms with E-state index in [1.54, 1.807) is 0 Å². The number of hydrogen-bond acceptors (Lipinski definition) is 2. The third-order valence-corrected chi connectivity index (χ3v) is 3.98. The Morgan fingerprint density at radius 3 is 2.50 bits per heavy atom. The van der Waals surface area contributed by atoms with E-state index in [4.69, 9.17) is 11.6 Å². The van der Waals surface area contributed by atoms with Gasteiger partial charge in [-0.1, -0.05) is 32.9 Å². The van der Waals surface area contributed by atoms with Gasteiger partial charge in [-0.05, 0) is 46.1 Å². The van der Waals surface area contributed by atoms with E-state index in [0.717, 1.165) is 21.5 Å². The molecule has 0 fully saturated rings. The van der Waals surface area contributed by atoms with Gasteiger partial charge in [-0.15, -0.1) is 10.2 Å². The van der Waals surface area contributed by atoms with Crippen LogP contribution in [0.4, 0.5) is 0 Å². The number of aryl methyl sites for hydroxylation is 1. The van der Waals surface area contributed by atoms with Gasteiger partial charge in [0.25, 0.3) is 0 Å². The molecule has 2 aromatic rings. The summed E-state index contributed by atoms with van der Waals surface area (Å²) in [7, 11) is 0. The molecule has 0 aliphatic heterocycles. The van der Waals surface area contributed by atoms with Crippen molar-refractivity contribution in [3.05, 3.63) is 39.3 Å². The fourth-order valence-electron chi connectivity index (χ4n) is 1.77. The average molecular weight is 329 g/mol. The summed E-state index contributed by atoms with van der Waals surface area (Å²) in [6, 6.07) is 6.04. The third-order valence-electron chi connectivity index (χ3n) is 2.71. The highest BCUT2D eigenvalue weighted by atomic mass is 79.9. The monoisotopic (exact) mass is 327 g/mol. The minimum atomic E-state index is -0.122. The number of nitrogens with zero attached hydrogens (tertiary/aromatic N) is 3. The van der Waals surface area contributed by atoms with Crippen molar-refractivity contribution in [2.45, 2.75) is 33.1 Å². The summed E-state index contributed by atoms with van der Waals surface area (Å²) in [6.07, 6.45) is 0. The summed E-state index contributed by atoms with van der Waals surface area (Å²) >= 11 is 9.78. The highest BCUT2D eigenvalue weighted by molar-refractivity contribution is 9.10. The van der Waals surface area contributed by atoms with E-state index in [1.807, 2.05) is 29.7 Å². The van der Waals surface area contributed by atoms with Crippen LogP contribution < -0.4 is 0 Å². The van der Waals surface area contributed by atoms with E-state index in [0.29, 0.717) is 5.28 Å². The molecule has 96 valence electrons. The molecule has 0 amide bonds. The van der Waals surface area contributed by atoms with Crippen LogP contribution in [0, 0.1) is 6.92 Å². The van der Waals surface area contributed by atoms with Gasteiger partial charge in [0.1, 0.15) is 5.82 Å². The smallest absolute Gasteiger partial charge is 0.229 e. The summed E-state index contributed by atoms with van der Waals surface area (Å²) in [5.74, 6) is 0.846. The molecular weight excluding hydrogens is 314 g/mol. The van der Waals surface area contributed by atoms with E-state index in [1.165, 1.54) is 0 Å². The second-order valence-electron chi connectivity index (χ2n) is 5.29. The molecule has 0 unspecified atom stereocenters. The van der Waals surface area contributed by atoms with Crippen LogP contribution in [0.1, 0.15) is 32.2 Å². The molecule has 5 heteroatoms. The van der Waals surface area contributed by atoms with Crippen LogP contribution in [-0.2, 0) is 5.41 Å². The lowest BCUT2D eigenvalue weighted by Gasteiger charge is -2.20. The lowest BCUT2D eigenvalue weighted by atomic mass is 9.95. The first-order chi connectivity index (χ1) is 8.32. The Hall–Kier alpha value is -0.870. The normalized spacial score (nSPS) is 11.9. The van der Waals surface area contributed by atoms with Crippen molar-refractivity contribution in [2.75, 3.05) is 0 Å².